The fourth-order valence-corrected chi connectivity index (χ4v) is 4.24. The molecule has 5 heteroatoms. The molecule has 1 fully saturated rings. The summed E-state index contributed by atoms with van der Waals surface area (Å²) in [5, 5.41) is 0. The number of ether oxygens (including phenoxy) is 3. The molecule has 132 valence electrons. The van der Waals surface area contributed by atoms with Gasteiger partial charge in [-0.25, -0.2) is 0 Å². The average Bonchev–Trinajstić information content (AvgIpc) is 3.15. The van der Waals surface area contributed by atoms with Gasteiger partial charge in [0.15, 0.2) is 5.41 Å². The summed E-state index contributed by atoms with van der Waals surface area (Å²) >= 11 is 0. The molecule has 3 aliphatic rings. The minimum absolute atomic E-state index is 0.104. The summed E-state index contributed by atoms with van der Waals surface area (Å²) in [7, 11) is 2.61. The maximum Gasteiger partial charge on any atom is 0.327 e. The zero-order chi connectivity index (χ0) is 17.7. The van der Waals surface area contributed by atoms with Crippen molar-refractivity contribution in [3.63, 3.8) is 0 Å². The third-order valence-corrected chi connectivity index (χ3v) is 5.36. The van der Waals surface area contributed by atoms with E-state index < -0.39 is 17.4 Å². The molecule has 0 amide bonds. The molecule has 1 saturated carbocycles. The quantitative estimate of drug-likeness (QED) is 0.574. The maximum absolute atomic E-state index is 12.5. The normalized spacial score (nSPS) is 28.1. The van der Waals surface area contributed by atoms with Gasteiger partial charge in [0.1, 0.15) is 0 Å². The van der Waals surface area contributed by atoms with Gasteiger partial charge in [0, 0.05) is 6.42 Å². The molecular weight excluding hydrogens is 308 g/mol. The van der Waals surface area contributed by atoms with Crippen molar-refractivity contribution < 1.29 is 23.8 Å². The number of rotatable bonds is 2. The second kappa shape index (κ2) is 5.73. The minimum atomic E-state index is -1.38. The van der Waals surface area contributed by atoms with Gasteiger partial charge in [0.05, 0.1) is 26.4 Å². The van der Waals surface area contributed by atoms with E-state index in [-0.39, 0.29) is 17.6 Å². The van der Waals surface area contributed by atoms with E-state index in [0.717, 1.165) is 30.4 Å². The van der Waals surface area contributed by atoms with E-state index in [0.29, 0.717) is 6.42 Å². The topological polar surface area (TPSA) is 61.8 Å². The summed E-state index contributed by atoms with van der Waals surface area (Å²) < 4.78 is 16.3. The molecule has 0 saturated heterocycles. The Hall–Kier alpha value is -1.62. The predicted molar refractivity (Wildman–Crippen MR) is 88.2 cm³/mol. The highest BCUT2D eigenvalue weighted by Gasteiger charge is 2.55. The first-order valence-corrected chi connectivity index (χ1v) is 8.52. The molecule has 0 bridgehead atoms. The summed E-state index contributed by atoms with van der Waals surface area (Å²) in [6.07, 6.45) is 5.08. The highest BCUT2D eigenvalue weighted by atomic mass is 16.5. The van der Waals surface area contributed by atoms with Crippen molar-refractivity contribution in [1.82, 2.24) is 0 Å². The Bertz CT molecular complexity index is 619. The number of fused-ring (bicyclic) bond motifs is 2. The zero-order valence-corrected chi connectivity index (χ0v) is 15.1. The molecule has 0 spiro atoms. The Labute approximate surface area is 143 Å². The summed E-state index contributed by atoms with van der Waals surface area (Å²) in [5.41, 5.74) is 1.81. The number of methoxy groups -OCH3 is 2. The molecule has 2 atom stereocenters. The predicted octanol–water partition coefficient (Wildman–Crippen LogP) is 2.94. The highest BCUT2D eigenvalue weighted by molar-refractivity contribution is 6.04. The summed E-state index contributed by atoms with van der Waals surface area (Å²) in [4.78, 5) is 25.0. The van der Waals surface area contributed by atoms with Crippen LogP contribution in [0.25, 0.3) is 0 Å². The first kappa shape index (κ1) is 17.2. The van der Waals surface area contributed by atoms with E-state index >= 15 is 0 Å². The van der Waals surface area contributed by atoms with E-state index in [9.17, 15) is 9.59 Å². The van der Waals surface area contributed by atoms with Crippen LogP contribution in [0.1, 0.15) is 46.5 Å². The first-order chi connectivity index (χ1) is 11.2. The molecule has 0 aromatic heterocycles. The van der Waals surface area contributed by atoms with Crippen molar-refractivity contribution in [2.24, 2.45) is 10.8 Å². The van der Waals surface area contributed by atoms with Crippen molar-refractivity contribution in [3.8, 4) is 0 Å². The highest BCUT2D eigenvalue weighted by Crippen LogP contribution is 2.53. The summed E-state index contributed by atoms with van der Waals surface area (Å²) in [6, 6.07) is 0. The van der Waals surface area contributed by atoms with E-state index in [2.05, 4.69) is 20.8 Å². The Morgan fingerprint density at radius 1 is 1.21 bits per heavy atom. The lowest BCUT2D eigenvalue weighted by atomic mass is 9.79. The zero-order valence-electron chi connectivity index (χ0n) is 15.1. The van der Waals surface area contributed by atoms with Crippen molar-refractivity contribution in [1.29, 1.82) is 0 Å². The molecular formula is C19H26O5. The second-order valence-electron chi connectivity index (χ2n) is 8.00. The number of carbonyl (C=O) groups excluding carboxylic acids is 2. The van der Waals surface area contributed by atoms with Crippen LogP contribution >= 0.6 is 0 Å². The molecule has 1 aliphatic heterocycles. The van der Waals surface area contributed by atoms with Gasteiger partial charge in [-0.3, -0.25) is 9.59 Å². The SMILES string of the molecule is COC(=O)C1(C(=O)OC)C=C2C(=C3CCC[C@H]3O[C@@H]2C(C)(C)C)C1. The third kappa shape index (κ3) is 2.41. The van der Waals surface area contributed by atoms with E-state index in [1.165, 1.54) is 19.8 Å². The Morgan fingerprint density at radius 2 is 1.83 bits per heavy atom. The Morgan fingerprint density at radius 3 is 2.38 bits per heavy atom. The second-order valence-corrected chi connectivity index (χ2v) is 8.00. The lowest BCUT2D eigenvalue weighted by Gasteiger charge is -2.39. The van der Waals surface area contributed by atoms with Gasteiger partial charge in [-0.05, 0) is 47.5 Å². The van der Waals surface area contributed by atoms with Gasteiger partial charge in [0.2, 0.25) is 0 Å². The number of hydrogen-bond donors (Lipinski definition) is 0. The van der Waals surface area contributed by atoms with Gasteiger partial charge in [-0.2, -0.15) is 0 Å². The molecule has 3 rings (SSSR count). The van der Waals surface area contributed by atoms with Crippen LogP contribution in [-0.2, 0) is 23.8 Å². The first-order valence-electron chi connectivity index (χ1n) is 8.52. The summed E-state index contributed by atoms with van der Waals surface area (Å²) in [6.45, 7) is 6.35. The monoisotopic (exact) mass is 334 g/mol. The molecule has 0 aromatic rings. The maximum atomic E-state index is 12.5. The van der Waals surface area contributed by atoms with Gasteiger partial charge < -0.3 is 14.2 Å². The molecule has 24 heavy (non-hydrogen) atoms. The van der Waals surface area contributed by atoms with Gasteiger partial charge >= 0.3 is 11.9 Å². The van der Waals surface area contributed by atoms with Crippen LogP contribution in [0.5, 0.6) is 0 Å². The van der Waals surface area contributed by atoms with Crippen LogP contribution in [0.3, 0.4) is 0 Å². The molecule has 1 heterocycles. The molecule has 0 radical (unpaired) electrons. The molecule has 0 aromatic carbocycles. The lowest BCUT2D eigenvalue weighted by Crippen LogP contribution is -2.38. The fourth-order valence-electron chi connectivity index (χ4n) is 4.24. The molecule has 0 N–H and O–H groups in total. The van der Waals surface area contributed by atoms with Crippen LogP contribution in [0.2, 0.25) is 0 Å². The smallest absolute Gasteiger partial charge is 0.327 e. The van der Waals surface area contributed by atoms with E-state index in [4.69, 9.17) is 14.2 Å². The van der Waals surface area contributed by atoms with Crippen LogP contribution in [0, 0.1) is 10.8 Å². The molecule has 0 unspecified atom stereocenters. The van der Waals surface area contributed by atoms with Crippen LogP contribution < -0.4 is 0 Å². The largest absolute Gasteiger partial charge is 0.468 e. The Balaban J connectivity index is 2.16. The van der Waals surface area contributed by atoms with Gasteiger partial charge in [-0.15, -0.1) is 0 Å². The van der Waals surface area contributed by atoms with Crippen LogP contribution in [-0.4, -0.2) is 38.4 Å². The third-order valence-electron chi connectivity index (χ3n) is 5.36. The lowest BCUT2D eigenvalue weighted by molar-refractivity contribution is -0.164. The van der Waals surface area contributed by atoms with Crippen molar-refractivity contribution >= 4 is 11.9 Å². The number of carbonyl (C=O) groups is 2. The van der Waals surface area contributed by atoms with Crippen molar-refractivity contribution in [2.75, 3.05) is 14.2 Å². The van der Waals surface area contributed by atoms with Gasteiger partial charge in [-0.1, -0.05) is 20.8 Å². The van der Waals surface area contributed by atoms with Gasteiger partial charge in [0.25, 0.3) is 0 Å². The minimum Gasteiger partial charge on any atom is -0.468 e. The Kier molecular flexibility index (Phi) is 4.11. The van der Waals surface area contributed by atoms with Crippen LogP contribution in [0.4, 0.5) is 0 Å². The van der Waals surface area contributed by atoms with E-state index in [1.54, 1.807) is 6.08 Å². The van der Waals surface area contributed by atoms with Crippen molar-refractivity contribution in [3.05, 3.63) is 22.8 Å². The van der Waals surface area contributed by atoms with E-state index in [1.807, 2.05) is 0 Å². The number of hydrogen-bond acceptors (Lipinski definition) is 5. The van der Waals surface area contributed by atoms with Crippen molar-refractivity contribution in [2.45, 2.75) is 58.7 Å². The standard InChI is InChI=1S/C19H26O5/c1-18(2,3)15-13-10-19(16(20)22-4,17(21)23-5)9-12(13)11-7-6-8-14(11)24-15/h10,14-15H,6-9H2,1-5H3/t14-,15+/m1/s1. The molecule has 5 nitrogen and oxygen atoms in total. The summed E-state index contributed by atoms with van der Waals surface area (Å²) in [5.74, 6) is -1.13. The van der Waals surface area contributed by atoms with Crippen LogP contribution in [0.15, 0.2) is 22.8 Å². The average molecular weight is 334 g/mol. The number of esters is 2. The fraction of sp³-hybridized carbons (Fsp3) is 0.684. The molecule has 2 aliphatic carbocycles.